The molecule has 4 aromatic rings. The van der Waals surface area contributed by atoms with E-state index in [0.29, 0.717) is 12.7 Å². The van der Waals surface area contributed by atoms with Gasteiger partial charge < -0.3 is 18.9 Å². The van der Waals surface area contributed by atoms with Gasteiger partial charge in [-0.3, -0.25) is 4.90 Å². The van der Waals surface area contributed by atoms with Gasteiger partial charge >= 0.3 is 0 Å². The van der Waals surface area contributed by atoms with Crippen LogP contribution in [0.5, 0.6) is 23.0 Å². The number of aryl methyl sites for hydroxylation is 1. The number of hydrogen-bond donors (Lipinski definition) is 0. The second kappa shape index (κ2) is 9.00. The van der Waals surface area contributed by atoms with Gasteiger partial charge in [0.15, 0.2) is 23.0 Å². The van der Waals surface area contributed by atoms with E-state index in [2.05, 4.69) is 71.6 Å². The Morgan fingerprint density at radius 3 is 2.59 bits per heavy atom. The summed E-state index contributed by atoms with van der Waals surface area (Å²) in [6, 6.07) is 24.4. The molecule has 0 radical (unpaired) electrons. The lowest BCUT2D eigenvalue weighted by Gasteiger charge is -2.46. The molecule has 3 aliphatic rings. The van der Waals surface area contributed by atoms with Crippen LogP contribution < -0.4 is 18.9 Å². The minimum absolute atomic E-state index is 0.277. The highest BCUT2D eigenvalue weighted by atomic mass is 16.7. The Balaban J connectivity index is 1.34. The number of nitrogens with zero attached hydrogens (tertiary/aromatic N) is 1. The smallest absolute Gasteiger partial charge is 0.231 e. The van der Waals surface area contributed by atoms with Crippen molar-refractivity contribution >= 4 is 10.8 Å². The lowest BCUT2D eigenvalue weighted by Crippen LogP contribution is -2.42. The molecule has 0 amide bonds. The molecule has 2 atom stereocenters. The van der Waals surface area contributed by atoms with Gasteiger partial charge in [0.2, 0.25) is 6.79 Å². The maximum Gasteiger partial charge on any atom is 0.231 e. The van der Waals surface area contributed by atoms with Crippen LogP contribution in [-0.2, 0) is 19.4 Å². The van der Waals surface area contributed by atoms with Gasteiger partial charge in [0, 0.05) is 30.6 Å². The molecular weight excluding hydrogens is 462 g/mol. The predicted molar refractivity (Wildman–Crippen MR) is 144 cm³/mol. The zero-order valence-corrected chi connectivity index (χ0v) is 21.3. The SMILES string of the molecule is COc1ccc2c(c1OC)CN1CCc3cc4c(cc3C1C2CCc1cccc2ccccc12)OCO4. The molecule has 3 aliphatic heterocycles. The van der Waals surface area contributed by atoms with Gasteiger partial charge in [-0.25, -0.2) is 0 Å². The number of rotatable bonds is 5. The van der Waals surface area contributed by atoms with E-state index < -0.39 is 0 Å². The van der Waals surface area contributed by atoms with Crippen molar-refractivity contribution in [2.45, 2.75) is 37.8 Å². The van der Waals surface area contributed by atoms with Crippen LogP contribution in [0.25, 0.3) is 10.8 Å². The number of ether oxygens (including phenoxy) is 4. The summed E-state index contributed by atoms with van der Waals surface area (Å²) in [5, 5.41) is 2.64. The molecule has 0 bridgehead atoms. The van der Waals surface area contributed by atoms with Crippen molar-refractivity contribution in [2.24, 2.45) is 0 Å². The van der Waals surface area contributed by atoms with Crippen molar-refractivity contribution in [3.63, 3.8) is 0 Å². The van der Waals surface area contributed by atoms with Crippen LogP contribution in [0, 0.1) is 0 Å². The van der Waals surface area contributed by atoms with Gasteiger partial charge in [0.05, 0.1) is 14.2 Å². The van der Waals surface area contributed by atoms with Crippen molar-refractivity contribution in [1.82, 2.24) is 4.90 Å². The van der Waals surface area contributed by atoms with E-state index in [1.807, 2.05) is 0 Å². The zero-order chi connectivity index (χ0) is 24.9. The second-order valence-electron chi connectivity index (χ2n) is 10.2. The van der Waals surface area contributed by atoms with Crippen molar-refractivity contribution in [2.75, 3.05) is 27.6 Å². The molecule has 37 heavy (non-hydrogen) atoms. The van der Waals surface area contributed by atoms with Crippen LogP contribution in [0.4, 0.5) is 0 Å². The highest BCUT2D eigenvalue weighted by Crippen LogP contribution is 2.53. The standard InChI is InChI=1S/C32H31NO4/c1-34-28-13-12-24-25(11-10-21-8-5-7-20-6-3-4-9-23(20)21)31-26-17-30-29(36-19-37-30)16-22(26)14-15-33(31)18-27(24)32(28)35-2/h3-9,12-13,16-17,25,31H,10-11,14-15,18-19H2,1-2H3. The molecule has 5 nitrogen and oxygen atoms in total. The molecule has 0 spiro atoms. The first-order chi connectivity index (χ1) is 18.2. The fraction of sp³-hybridized carbons (Fsp3) is 0.312. The topological polar surface area (TPSA) is 40.2 Å². The summed E-state index contributed by atoms with van der Waals surface area (Å²) < 4.78 is 23.1. The summed E-state index contributed by atoms with van der Waals surface area (Å²) in [6.07, 6.45) is 3.04. The maximum atomic E-state index is 5.92. The van der Waals surface area contributed by atoms with Crippen molar-refractivity contribution in [3.8, 4) is 23.0 Å². The summed E-state index contributed by atoms with van der Waals surface area (Å²) in [5.74, 6) is 3.72. The maximum absolute atomic E-state index is 5.92. The average Bonchev–Trinajstić information content (AvgIpc) is 3.40. The van der Waals surface area contributed by atoms with E-state index >= 15 is 0 Å². The Bertz CT molecular complexity index is 1490. The van der Waals surface area contributed by atoms with Gasteiger partial charge in [-0.05, 0) is 70.5 Å². The zero-order valence-electron chi connectivity index (χ0n) is 21.3. The van der Waals surface area contributed by atoms with E-state index in [-0.39, 0.29) is 6.04 Å². The molecule has 4 aromatic carbocycles. The monoisotopic (exact) mass is 493 g/mol. The van der Waals surface area contributed by atoms with Gasteiger partial charge in [0.1, 0.15) is 0 Å². The van der Waals surface area contributed by atoms with Gasteiger partial charge in [-0.2, -0.15) is 0 Å². The van der Waals surface area contributed by atoms with E-state index in [1.165, 1.54) is 38.6 Å². The summed E-state index contributed by atoms with van der Waals surface area (Å²) in [4.78, 5) is 2.63. The number of hydrogen-bond acceptors (Lipinski definition) is 5. The average molecular weight is 494 g/mol. The molecule has 0 aliphatic carbocycles. The Morgan fingerprint density at radius 2 is 1.73 bits per heavy atom. The summed E-state index contributed by atoms with van der Waals surface area (Å²) >= 11 is 0. The molecular formula is C32H31NO4. The molecule has 0 saturated heterocycles. The van der Waals surface area contributed by atoms with Gasteiger partial charge in [-0.1, -0.05) is 48.5 Å². The lowest BCUT2D eigenvalue weighted by molar-refractivity contribution is 0.127. The van der Waals surface area contributed by atoms with E-state index in [0.717, 1.165) is 55.4 Å². The Labute approximate surface area is 217 Å². The molecule has 0 fully saturated rings. The fourth-order valence-electron chi connectivity index (χ4n) is 6.76. The van der Waals surface area contributed by atoms with Crippen LogP contribution >= 0.6 is 0 Å². The van der Waals surface area contributed by atoms with Crippen molar-refractivity contribution in [1.29, 1.82) is 0 Å². The minimum atomic E-state index is 0.277. The normalized spacial score (nSPS) is 19.7. The molecule has 2 unspecified atom stereocenters. The Kier molecular flexibility index (Phi) is 5.47. The molecule has 0 saturated carbocycles. The van der Waals surface area contributed by atoms with Gasteiger partial charge in [-0.15, -0.1) is 0 Å². The van der Waals surface area contributed by atoms with Crippen LogP contribution in [0.2, 0.25) is 0 Å². The molecule has 0 N–H and O–H groups in total. The lowest BCUT2D eigenvalue weighted by atomic mass is 9.74. The number of methoxy groups -OCH3 is 2. The third-order valence-corrected chi connectivity index (χ3v) is 8.45. The fourth-order valence-corrected chi connectivity index (χ4v) is 6.76. The molecule has 5 heteroatoms. The number of benzene rings is 4. The number of fused-ring (bicyclic) bond motifs is 6. The van der Waals surface area contributed by atoms with Crippen molar-refractivity contribution < 1.29 is 18.9 Å². The second-order valence-corrected chi connectivity index (χ2v) is 10.2. The largest absolute Gasteiger partial charge is 0.493 e. The van der Waals surface area contributed by atoms with E-state index in [1.54, 1.807) is 14.2 Å². The molecule has 7 rings (SSSR count). The third kappa shape index (κ3) is 3.64. The van der Waals surface area contributed by atoms with Crippen LogP contribution in [0.3, 0.4) is 0 Å². The summed E-state index contributed by atoms with van der Waals surface area (Å²) in [7, 11) is 3.47. The first-order valence-corrected chi connectivity index (χ1v) is 13.1. The third-order valence-electron chi connectivity index (χ3n) is 8.45. The van der Waals surface area contributed by atoms with Crippen LogP contribution in [0.1, 0.15) is 46.2 Å². The Hall–Kier alpha value is -3.70. The minimum Gasteiger partial charge on any atom is -0.493 e. The van der Waals surface area contributed by atoms with E-state index in [9.17, 15) is 0 Å². The van der Waals surface area contributed by atoms with Crippen LogP contribution in [-0.4, -0.2) is 32.5 Å². The summed E-state index contributed by atoms with van der Waals surface area (Å²) in [5.41, 5.74) is 6.78. The summed E-state index contributed by atoms with van der Waals surface area (Å²) in [6.45, 7) is 2.15. The highest BCUT2D eigenvalue weighted by molar-refractivity contribution is 5.85. The molecule has 0 aromatic heterocycles. The highest BCUT2D eigenvalue weighted by Gasteiger charge is 2.41. The first-order valence-electron chi connectivity index (χ1n) is 13.1. The predicted octanol–water partition coefficient (Wildman–Crippen LogP) is 6.42. The Morgan fingerprint density at radius 1 is 0.892 bits per heavy atom. The van der Waals surface area contributed by atoms with E-state index in [4.69, 9.17) is 18.9 Å². The van der Waals surface area contributed by atoms with Crippen LogP contribution in [0.15, 0.2) is 66.7 Å². The molecule has 188 valence electrons. The first kappa shape index (κ1) is 22.5. The molecule has 3 heterocycles. The van der Waals surface area contributed by atoms with Crippen molar-refractivity contribution in [3.05, 3.63) is 94.5 Å². The van der Waals surface area contributed by atoms with Gasteiger partial charge in [0.25, 0.3) is 0 Å². The quantitative estimate of drug-likeness (QED) is 0.321.